The fourth-order valence-electron chi connectivity index (χ4n) is 2.34. The molecule has 0 fully saturated rings. The average Bonchev–Trinajstić information content (AvgIpc) is 2.79. The third kappa shape index (κ3) is 3.31. The van der Waals surface area contributed by atoms with Gasteiger partial charge in [-0.15, -0.1) is 0 Å². The zero-order valence-corrected chi connectivity index (χ0v) is 15.1. The number of ether oxygens (including phenoxy) is 1. The quantitative estimate of drug-likeness (QED) is 0.775. The maximum Gasteiger partial charge on any atom is 0.283 e. The van der Waals surface area contributed by atoms with Crippen LogP contribution in [0.25, 0.3) is 0 Å². The topological polar surface area (TPSA) is 58.6 Å². The standard InChI is InChI=1S/C17H11Cl3N2O3/c1-25-11-4-2-3-10(8-11)21-15-14(20)16(23)22(17(15)24)13-6-5-9(18)7-12(13)19/h2-8,21H,1H3. The minimum Gasteiger partial charge on any atom is -0.497 e. The van der Waals surface area contributed by atoms with Crippen LogP contribution in [0.2, 0.25) is 10.0 Å². The Morgan fingerprint density at radius 2 is 1.76 bits per heavy atom. The van der Waals surface area contributed by atoms with Gasteiger partial charge >= 0.3 is 0 Å². The molecule has 0 saturated carbocycles. The molecule has 0 aliphatic carbocycles. The molecule has 1 aliphatic heterocycles. The van der Waals surface area contributed by atoms with Crippen LogP contribution in [-0.2, 0) is 9.59 Å². The molecule has 2 aromatic rings. The maximum absolute atomic E-state index is 12.7. The second-order valence-electron chi connectivity index (χ2n) is 5.09. The van der Waals surface area contributed by atoms with Crippen molar-refractivity contribution in [3.63, 3.8) is 0 Å². The predicted molar refractivity (Wildman–Crippen MR) is 98.5 cm³/mol. The van der Waals surface area contributed by atoms with E-state index in [1.807, 2.05) is 0 Å². The van der Waals surface area contributed by atoms with Crippen LogP contribution in [-0.4, -0.2) is 18.9 Å². The van der Waals surface area contributed by atoms with Crippen LogP contribution in [0.1, 0.15) is 0 Å². The highest BCUT2D eigenvalue weighted by molar-refractivity contribution is 6.53. The van der Waals surface area contributed by atoms with Crippen molar-refractivity contribution in [1.29, 1.82) is 0 Å². The van der Waals surface area contributed by atoms with Crippen LogP contribution in [0.5, 0.6) is 5.75 Å². The molecule has 0 bridgehead atoms. The third-order valence-electron chi connectivity index (χ3n) is 3.52. The van der Waals surface area contributed by atoms with Crippen LogP contribution in [0.15, 0.2) is 53.2 Å². The summed E-state index contributed by atoms with van der Waals surface area (Å²) in [6, 6.07) is 11.3. The summed E-state index contributed by atoms with van der Waals surface area (Å²) in [6.07, 6.45) is 0. The molecule has 0 aromatic heterocycles. The van der Waals surface area contributed by atoms with Crippen LogP contribution < -0.4 is 15.0 Å². The first kappa shape index (κ1) is 17.6. The van der Waals surface area contributed by atoms with Crippen molar-refractivity contribution in [1.82, 2.24) is 0 Å². The molecule has 3 rings (SSSR count). The van der Waals surface area contributed by atoms with Crippen molar-refractivity contribution in [2.45, 2.75) is 0 Å². The number of halogens is 3. The van der Waals surface area contributed by atoms with Crippen LogP contribution in [0.4, 0.5) is 11.4 Å². The summed E-state index contributed by atoms with van der Waals surface area (Å²) in [7, 11) is 1.53. The molecular weight excluding hydrogens is 387 g/mol. The number of hydrogen-bond donors (Lipinski definition) is 1. The molecule has 0 atom stereocenters. The van der Waals surface area contributed by atoms with E-state index in [-0.39, 0.29) is 21.4 Å². The van der Waals surface area contributed by atoms with Crippen LogP contribution in [0.3, 0.4) is 0 Å². The van der Waals surface area contributed by atoms with E-state index in [0.717, 1.165) is 4.90 Å². The lowest BCUT2D eigenvalue weighted by molar-refractivity contribution is -0.120. The van der Waals surface area contributed by atoms with Gasteiger partial charge in [0.25, 0.3) is 11.8 Å². The van der Waals surface area contributed by atoms with Gasteiger partial charge in [0.1, 0.15) is 16.5 Å². The average molecular weight is 398 g/mol. The van der Waals surface area contributed by atoms with E-state index >= 15 is 0 Å². The number of carbonyl (C=O) groups is 2. The number of nitrogens with zero attached hydrogens (tertiary/aromatic N) is 1. The van der Waals surface area contributed by atoms with E-state index in [1.54, 1.807) is 24.3 Å². The Morgan fingerprint density at radius 3 is 2.44 bits per heavy atom. The van der Waals surface area contributed by atoms with Gasteiger partial charge in [0.2, 0.25) is 0 Å². The van der Waals surface area contributed by atoms with E-state index < -0.39 is 11.8 Å². The van der Waals surface area contributed by atoms with Gasteiger partial charge < -0.3 is 10.1 Å². The number of methoxy groups -OCH3 is 1. The number of nitrogens with one attached hydrogen (secondary N) is 1. The zero-order valence-electron chi connectivity index (χ0n) is 12.8. The molecule has 1 aliphatic rings. The fourth-order valence-corrected chi connectivity index (χ4v) is 3.04. The molecule has 0 saturated heterocycles. The number of hydrogen-bond acceptors (Lipinski definition) is 4. The molecule has 8 heteroatoms. The molecule has 1 N–H and O–H groups in total. The molecule has 0 spiro atoms. The summed E-state index contributed by atoms with van der Waals surface area (Å²) < 4.78 is 5.13. The van der Waals surface area contributed by atoms with Crippen molar-refractivity contribution in [3.05, 3.63) is 63.2 Å². The largest absolute Gasteiger partial charge is 0.497 e. The lowest BCUT2D eigenvalue weighted by Crippen LogP contribution is -2.32. The molecule has 25 heavy (non-hydrogen) atoms. The van der Waals surface area contributed by atoms with E-state index in [9.17, 15) is 9.59 Å². The number of imide groups is 1. The summed E-state index contributed by atoms with van der Waals surface area (Å²) in [6.45, 7) is 0. The van der Waals surface area contributed by atoms with Crippen molar-refractivity contribution in [2.75, 3.05) is 17.3 Å². The summed E-state index contributed by atoms with van der Waals surface area (Å²) in [4.78, 5) is 26.0. The number of carbonyl (C=O) groups excluding carboxylic acids is 2. The zero-order chi connectivity index (χ0) is 18.1. The van der Waals surface area contributed by atoms with Gasteiger partial charge in [0.15, 0.2) is 0 Å². The number of rotatable bonds is 4. The Hall–Kier alpha value is -2.21. The highest BCUT2D eigenvalue weighted by atomic mass is 35.5. The van der Waals surface area contributed by atoms with E-state index in [2.05, 4.69) is 5.32 Å². The van der Waals surface area contributed by atoms with E-state index in [0.29, 0.717) is 16.5 Å². The molecule has 0 unspecified atom stereocenters. The van der Waals surface area contributed by atoms with E-state index in [1.165, 1.54) is 25.3 Å². The fraction of sp³-hybridized carbons (Fsp3) is 0.0588. The lowest BCUT2D eigenvalue weighted by Gasteiger charge is -2.16. The SMILES string of the molecule is COc1cccc(NC2=C(Cl)C(=O)N(c3ccc(Cl)cc3Cl)C2=O)c1. The van der Waals surface area contributed by atoms with Crippen molar-refractivity contribution in [2.24, 2.45) is 0 Å². The highest BCUT2D eigenvalue weighted by Crippen LogP contribution is 2.35. The van der Waals surface area contributed by atoms with Gasteiger partial charge in [0.05, 0.1) is 17.8 Å². The monoisotopic (exact) mass is 396 g/mol. The Morgan fingerprint density at radius 1 is 1.00 bits per heavy atom. The predicted octanol–water partition coefficient (Wildman–Crippen LogP) is 4.44. The van der Waals surface area contributed by atoms with Gasteiger partial charge in [-0.3, -0.25) is 9.59 Å². The first-order valence-electron chi connectivity index (χ1n) is 7.07. The molecule has 0 radical (unpaired) electrons. The normalized spacial score (nSPS) is 14.3. The summed E-state index contributed by atoms with van der Waals surface area (Å²) in [5.74, 6) is -0.681. The second kappa shape index (κ2) is 6.96. The van der Waals surface area contributed by atoms with Gasteiger partial charge in [-0.2, -0.15) is 0 Å². The minimum atomic E-state index is -0.665. The number of benzene rings is 2. The van der Waals surface area contributed by atoms with Crippen molar-refractivity contribution in [3.8, 4) is 5.75 Å². The Bertz CT molecular complexity index is 912. The van der Waals surface area contributed by atoms with Gasteiger partial charge in [0, 0.05) is 16.8 Å². The Kier molecular flexibility index (Phi) is 4.90. The van der Waals surface area contributed by atoms with Gasteiger partial charge in [-0.1, -0.05) is 40.9 Å². The van der Waals surface area contributed by atoms with Gasteiger partial charge in [-0.25, -0.2) is 4.90 Å². The summed E-state index contributed by atoms with van der Waals surface area (Å²) in [5, 5.41) is 3.20. The maximum atomic E-state index is 12.7. The molecular formula is C17H11Cl3N2O3. The molecule has 2 amide bonds. The molecule has 2 aromatic carbocycles. The number of anilines is 2. The van der Waals surface area contributed by atoms with Gasteiger partial charge in [-0.05, 0) is 30.3 Å². The summed E-state index contributed by atoms with van der Waals surface area (Å²) in [5.41, 5.74) is 0.727. The minimum absolute atomic E-state index is 0.0362. The first-order valence-corrected chi connectivity index (χ1v) is 8.20. The third-order valence-corrected chi connectivity index (χ3v) is 4.41. The Labute approximate surface area is 158 Å². The second-order valence-corrected chi connectivity index (χ2v) is 6.31. The highest BCUT2D eigenvalue weighted by Gasteiger charge is 2.39. The van der Waals surface area contributed by atoms with E-state index in [4.69, 9.17) is 39.5 Å². The van der Waals surface area contributed by atoms with Crippen molar-refractivity contribution < 1.29 is 14.3 Å². The lowest BCUT2D eigenvalue weighted by atomic mass is 10.2. The molecule has 5 nitrogen and oxygen atoms in total. The molecule has 1 heterocycles. The number of amides is 2. The van der Waals surface area contributed by atoms with Crippen molar-refractivity contribution >= 4 is 58.0 Å². The first-order chi connectivity index (χ1) is 11.9. The smallest absolute Gasteiger partial charge is 0.283 e. The summed E-state index contributed by atoms with van der Waals surface area (Å²) >= 11 is 18.0. The Balaban J connectivity index is 1.93. The molecule has 128 valence electrons. The van der Waals surface area contributed by atoms with Crippen LogP contribution in [0, 0.1) is 0 Å². The van der Waals surface area contributed by atoms with Crippen LogP contribution >= 0.6 is 34.8 Å².